The summed E-state index contributed by atoms with van der Waals surface area (Å²) in [5.74, 6) is 0.911. The fourth-order valence-corrected chi connectivity index (χ4v) is 2.02. The molecule has 1 aliphatic heterocycles. The zero-order chi connectivity index (χ0) is 14.0. The van der Waals surface area contributed by atoms with Crippen LogP contribution in [-0.4, -0.2) is 17.8 Å². The number of hydrogen-bond acceptors (Lipinski definition) is 3. The van der Waals surface area contributed by atoms with Gasteiger partial charge >= 0.3 is 6.09 Å². The Balaban J connectivity index is 2.04. The highest BCUT2D eigenvalue weighted by Crippen LogP contribution is 2.30. The third kappa shape index (κ3) is 3.88. The maximum Gasteiger partial charge on any atom is 0.412 e. The second-order valence-electron chi connectivity index (χ2n) is 5.92. The largest absolute Gasteiger partial charge is 0.490 e. The fraction of sp³-hybridized carbons (Fsp3) is 0.533. The number of nitrogens with one attached hydrogen (secondary N) is 1. The van der Waals surface area contributed by atoms with Gasteiger partial charge in [0, 0.05) is 5.69 Å². The predicted octanol–water partition coefficient (Wildman–Crippen LogP) is 3.75. The number of ether oxygens (including phenoxy) is 2. The lowest BCUT2D eigenvalue weighted by Gasteiger charge is -2.24. The molecule has 1 aliphatic rings. The fourth-order valence-electron chi connectivity index (χ4n) is 2.02. The minimum absolute atomic E-state index is 0.261. The van der Waals surface area contributed by atoms with Crippen LogP contribution in [-0.2, 0) is 11.2 Å². The van der Waals surface area contributed by atoms with Gasteiger partial charge in [-0.1, -0.05) is 0 Å². The van der Waals surface area contributed by atoms with Crippen molar-refractivity contribution in [2.24, 2.45) is 0 Å². The number of rotatable bonds is 1. The lowest BCUT2D eigenvalue weighted by Crippen LogP contribution is -2.27. The molecule has 1 aromatic carbocycles. The molecule has 104 valence electrons. The van der Waals surface area contributed by atoms with Gasteiger partial charge in [-0.05, 0) is 64.3 Å². The van der Waals surface area contributed by atoms with Crippen LogP contribution in [0.15, 0.2) is 18.2 Å². The second-order valence-corrected chi connectivity index (χ2v) is 5.92. The molecular formula is C15H21NO3. The zero-order valence-electron chi connectivity index (χ0n) is 11.9. The number of anilines is 1. The molecular weight excluding hydrogens is 242 g/mol. The van der Waals surface area contributed by atoms with Crippen LogP contribution in [0.4, 0.5) is 10.5 Å². The van der Waals surface area contributed by atoms with Crippen molar-refractivity contribution in [2.45, 2.75) is 52.2 Å². The molecule has 0 aliphatic carbocycles. The third-order valence-corrected chi connectivity index (χ3v) is 2.85. The molecule has 0 bridgehead atoms. The van der Waals surface area contributed by atoms with E-state index < -0.39 is 11.7 Å². The van der Waals surface area contributed by atoms with Crippen molar-refractivity contribution in [1.82, 2.24) is 0 Å². The summed E-state index contributed by atoms with van der Waals surface area (Å²) in [4.78, 5) is 11.7. The first-order valence-electron chi connectivity index (χ1n) is 6.63. The van der Waals surface area contributed by atoms with Crippen molar-refractivity contribution in [3.8, 4) is 5.75 Å². The Morgan fingerprint density at radius 2 is 2.16 bits per heavy atom. The summed E-state index contributed by atoms with van der Waals surface area (Å²) in [6, 6.07) is 5.68. The van der Waals surface area contributed by atoms with Gasteiger partial charge in [0.2, 0.25) is 0 Å². The standard InChI is InChI=1S/C15H21NO3/c1-10-5-6-11-9-12(7-8-13(11)18-10)16-14(17)19-15(2,3)4/h7-10H,5-6H2,1-4H3,(H,16,17). The van der Waals surface area contributed by atoms with Crippen LogP contribution in [0.25, 0.3) is 0 Å². The summed E-state index contributed by atoms with van der Waals surface area (Å²) in [5, 5.41) is 2.74. The topological polar surface area (TPSA) is 47.6 Å². The van der Waals surface area contributed by atoms with Crippen molar-refractivity contribution < 1.29 is 14.3 Å². The normalized spacial score (nSPS) is 18.2. The van der Waals surface area contributed by atoms with Crippen molar-refractivity contribution in [3.63, 3.8) is 0 Å². The first-order valence-corrected chi connectivity index (χ1v) is 6.63. The van der Waals surface area contributed by atoms with E-state index in [2.05, 4.69) is 12.2 Å². The van der Waals surface area contributed by atoms with Gasteiger partial charge in [0.1, 0.15) is 11.4 Å². The molecule has 1 aromatic rings. The molecule has 1 unspecified atom stereocenters. The van der Waals surface area contributed by atoms with Gasteiger partial charge in [-0.15, -0.1) is 0 Å². The SMILES string of the molecule is CC1CCc2cc(NC(=O)OC(C)(C)C)ccc2O1. The highest BCUT2D eigenvalue weighted by Gasteiger charge is 2.18. The summed E-state index contributed by atoms with van der Waals surface area (Å²) < 4.78 is 10.9. The number of carbonyl (C=O) groups excluding carboxylic acids is 1. The second kappa shape index (κ2) is 5.11. The number of benzene rings is 1. The number of carbonyl (C=O) groups is 1. The van der Waals surface area contributed by atoms with Gasteiger partial charge in [-0.25, -0.2) is 4.79 Å². The zero-order valence-corrected chi connectivity index (χ0v) is 11.9. The van der Waals surface area contributed by atoms with Crippen molar-refractivity contribution in [3.05, 3.63) is 23.8 Å². The number of amides is 1. The molecule has 2 rings (SSSR count). The molecule has 4 nitrogen and oxygen atoms in total. The minimum atomic E-state index is -0.489. The van der Waals surface area contributed by atoms with E-state index in [1.165, 1.54) is 0 Å². The lowest BCUT2D eigenvalue weighted by atomic mass is 10.0. The smallest absolute Gasteiger partial charge is 0.412 e. The summed E-state index contributed by atoms with van der Waals surface area (Å²) >= 11 is 0. The summed E-state index contributed by atoms with van der Waals surface area (Å²) in [6.45, 7) is 7.59. The molecule has 4 heteroatoms. The van der Waals surface area contributed by atoms with E-state index in [-0.39, 0.29) is 6.10 Å². The van der Waals surface area contributed by atoms with Crippen LogP contribution in [0.3, 0.4) is 0 Å². The molecule has 19 heavy (non-hydrogen) atoms. The summed E-state index contributed by atoms with van der Waals surface area (Å²) in [7, 11) is 0. The molecule has 1 N–H and O–H groups in total. The number of aryl methyl sites for hydroxylation is 1. The Morgan fingerprint density at radius 1 is 1.42 bits per heavy atom. The molecule has 0 radical (unpaired) electrons. The van der Waals surface area contributed by atoms with E-state index in [1.807, 2.05) is 39.0 Å². The van der Waals surface area contributed by atoms with E-state index in [9.17, 15) is 4.79 Å². The predicted molar refractivity (Wildman–Crippen MR) is 74.7 cm³/mol. The van der Waals surface area contributed by atoms with Crippen molar-refractivity contribution in [1.29, 1.82) is 0 Å². The van der Waals surface area contributed by atoms with Gasteiger partial charge < -0.3 is 9.47 Å². The van der Waals surface area contributed by atoms with Gasteiger partial charge in [0.15, 0.2) is 0 Å². The molecule has 1 amide bonds. The Hall–Kier alpha value is -1.71. The van der Waals surface area contributed by atoms with Crippen LogP contribution in [0.1, 0.15) is 39.7 Å². The van der Waals surface area contributed by atoms with Crippen LogP contribution in [0.5, 0.6) is 5.75 Å². The maximum absolute atomic E-state index is 11.7. The third-order valence-electron chi connectivity index (χ3n) is 2.85. The first kappa shape index (κ1) is 13.7. The Bertz CT molecular complexity index is 477. The van der Waals surface area contributed by atoms with E-state index in [1.54, 1.807) is 0 Å². The molecule has 1 heterocycles. The van der Waals surface area contributed by atoms with E-state index >= 15 is 0 Å². The van der Waals surface area contributed by atoms with Crippen LogP contribution < -0.4 is 10.1 Å². The van der Waals surface area contributed by atoms with Crippen LogP contribution in [0.2, 0.25) is 0 Å². The molecule has 0 aromatic heterocycles. The monoisotopic (exact) mass is 263 g/mol. The maximum atomic E-state index is 11.7. The summed E-state index contributed by atoms with van der Waals surface area (Å²) in [5.41, 5.74) is 1.38. The van der Waals surface area contributed by atoms with E-state index in [4.69, 9.17) is 9.47 Å². The number of fused-ring (bicyclic) bond motifs is 1. The summed E-state index contributed by atoms with van der Waals surface area (Å²) in [6.07, 6.45) is 1.80. The Kier molecular flexibility index (Phi) is 3.69. The van der Waals surface area contributed by atoms with Crippen LogP contribution in [0, 0.1) is 0 Å². The van der Waals surface area contributed by atoms with Gasteiger partial charge in [0.25, 0.3) is 0 Å². The van der Waals surface area contributed by atoms with Crippen molar-refractivity contribution in [2.75, 3.05) is 5.32 Å². The minimum Gasteiger partial charge on any atom is -0.490 e. The molecule has 0 fully saturated rings. The van der Waals surface area contributed by atoms with E-state index in [0.29, 0.717) is 0 Å². The Morgan fingerprint density at radius 3 is 2.84 bits per heavy atom. The van der Waals surface area contributed by atoms with E-state index in [0.717, 1.165) is 29.8 Å². The highest BCUT2D eigenvalue weighted by atomic mass is 16.6. The average Bonchev–Trinajstić information content (AvgIpc) is 2.26. The molecule has 0 spiro atoms. The molecule has 0 saturated carbocycles. The van der Waals surface area contributed by atoms with Gasteiger partial charge in [0.05, 0.1) is 6.10 Å². The Labute approximate surface area is 114 Å². The van der Waals surface area contributed by atoms with Gasteiger partial charge in [-0.2, -0.15) is 0 Å². The average molecular weight is 263 g/mol. The van der Waals surface area contributed by atoms with Crippen LogP contribution >= 0.6 is 0 Å². The quantitative estimate of drug-likeness (QED) is 0.839. The molecule has 1 atom stereocenters. The van der Waals surface area contributed by atoms with Crippen molar-refractivity contribution >= 4 is 11.8 Å². The molecule has 0 saturated heterocycles. The number of hydrogen-bond donors (Lipinski definition) is 1. The first-order chi connectivity index (χ1) is 8.83. The highest BCUT2D eigenvalue weighted by molar-refractivity contribution is 5.85. The lowest BCUT2D eigenvalue weighted by molar-refractivity contribution is 0.0636. The van der Waals surface area contributed by atoms with Gasteiger partial charge in [-0.3, -0.25) is 5.32 Å².